The highest BCUT2D eigenvalue weighted by atomic mass is 79.9. The number of hydrogen-bond donors (Lipinski definition) is 0. The fourth-order valence-electron chi connectivity index (χ4n) is 1.54. The van der Waals surface area contributed by atoms with Crippen LogP contribution in [0.3, 0.4) is 0 Å². The zero-order chi connectivity index (χ0) is 12.4. The number of aryl methyl sites for hydroxylation is 2. The summed E-state index contributed by atoms with van der Waals surface area (Å²) in [6, 6.07) is 1.90. The summed E-state index contributed by atoms with van der Waals surface area (Å²) in [5.74, 6) is 0.648. The molecule has 0 radical (unpaired) electrons. The maximum atomic E-state index is 6.09. The molecule has 0 atom stereocenters. The average Bonchev–Trinajstić information content (AvgIpc) is 2.33. The van der Waals surface area contributed by atoms with E-state index in [1.165, 1.54) is 0 Å². The Bertz CT molecular complexity index is 557. The van der Waals surface area contributed by atoms with Gasteiger partial charge in [0.25, 0.3) is 0 Å². The second kappa shape index (κ2) is 5.10. The molecule has 0 aliphatic rings. The Hall–Kier alpha value is -1.00. The molecule has 17 heavy (non-hydrogen) atoms. The summed E-state index contributed by atoms with van der Waals surface area (Å²) in [4.78, 5) is 12.9. The number of nitrogens with zero attached hydrogens (tertiary/aromatic N) is 3. The van der Waals surface area contributed by atoms with Gasteiger partial charge in [0.15, 0.2) is 5.82 Å². The Labute approximate surface area is 113 Å². The summed E-state index contributed by atoms with van der Waals surface area (Å²) in [6.45, 7) is 4.01. The minimum Gasteiger partial charge on any atom is -0.264 e. The van der Waals surface area contributed by atoms with E-state index in [1.54, 1.807) is 12.4 Å². The monoisotopic (exact) mass is 311 g/mol. The molecule has 0 aromatic carbocycles. The van der Waals surface area contributed by atoms with Gasteiger partial charge < -0.3 is 0 Å². The van der Waals surface area contributed by atoms with Crippen LogP contribution in [-0.2, 0) is 6.42 Å². The lowest BCUT2D eigenvalue weighted by atomic mass is 10.1. The Morgan fingerprint density at radius 3 is 2.76 bits per heavy atom. The van der Waals surface area contributed by atoms with E-state index in [9.17, 15) is 0 Å². The molecule has 2 aromatic rings. The van der Waals surface area contributed by atoms with Gasteiger partial charge in [0, 0.05) is 18.0 Å². The van der Waals surface area contributed by atoms with Crippen molar-refractivity contribution in [2.45, 2.75) is 20.3 Å². The molecule has 0 saturated heterocycles. The lowest BCUT2D eigenvalue weighted by Crippen LogP contribution is -1.98. The normalized spacial score (nSPS) is 10.6. The highest BCUT2D eigenvalue weighted by molar-refractivity contribution is 9.10. The van der Waals surface area contributed by atoms with Gasteiger partial charge in [0.2, 0.25) is 0 Å². The first-order valence-corrected chi connectivity index (χ1v) is 6.43. The summed E-state index contributed by atoms with van der Waals surface area (Å²) in [5.41, 5.74) is 2.91. The van der Waals surface area contributed by atoms with E-state index in [-0.39, 0.29) is 0 Å². The molecule has 0 unspecified atom stereocenters. The first-order valence-electron chi connectivity index (χ1n) is 5.26. The van der Waals surface area contributed by atoms with Crippen LogP contribution in [0, 0.1) is 6.92 Å². The van der Waals surface area contributed by atoms with Crippen molar-refractivity contribution in [3.63, 3.8) is 0 Å². The highest BCUT2D eigenvalue weighted by Gasteiger charge is 2.12. The van der Waals surface area contributed by atoms with Gasteiger partial charge in [-0.2, -0.15) is 0 Å². The van der Waals surface area contributed by atoms with Crippen molar-refractivity contribution >= 4 is 27.5 Å². The molecule has 0 saturated carbocycles. The molecule has 0 amide bonds. The molecule has 0 aliphatic carbocycles. The van der Waals surface area contributed by atoms with Crippen LogP contribution < -0.4 is 0 Å². The molecule has 0 N–H and O–H groups in total. The summed E-state index contributed by atoms with van der Waals surface area (Å²) in [6.07, 6.45) is 4.33. The molecule has 0 aliphatic heterocycles. The molecule has 0 spiro atoms. The third kappa shape index (κ3) is 2.48. The molecule has 2 rings (SSSR count). The molecular formula is C12H11BrClN3. The van der Waals surface area contributed by atoms with Crippen LogP contribution in [-0.4, -0.2) is 15.0 Å². The summed E-state index contributed by atoms with van der Waals surface area (Å²) >= 11 is 9.48. The van der Waals surface area contributed by atoms with E-state index in [2.05, 4.69) is 30.9 Å². The predicted octanol–water partition coefficient (Wildman–Crippen LogP) is 3.83. The minimum atomic E-state index is 0.447. The lowest BCUT2D eigenvalue weighted by Gasteiger charge is -2.08. The van der Waals surface area contributed by atoms with Gasteiger partial charge in [0.1, 0.15) is 5.15 Å². The van der Waals surface area contributed by atoms with Gasteiger partial charge in [-0.15, -0.1) is 0 Å². The van der Waals surface area contributed by atoms with Crippen LogP contribution in [0.4, 0.5) is 0 Å². The van der Waals surface area contributed by atoms with Crippen molar-refractivity contribution in [1.29, 1.82) is 0 Å². The largest absolute Gasteiger partial charge is 0.264 e. The SMILES string of the molecule is CCc1nc(-c2ccncc2C)nc(Cl)c1Br. The van der Waals surface area contributed by atoms with Gasteiger partial charge in [0.05, 0.1) is 10.2 Å². The van der Waals surface area contributed by atoms with Crippen LogP contribution in [0.25, 0.3) is 11.4 Å². The Morgan fingerprint density at radius 2 is 2.12 bits per heavy atom. The molecule has 0 fully saturated rings. The number of pyridine rings is 1. The van der Waals surface area contributed by atoms with Gasteiger partial charge in [-0.3, -0.25) is 4.98 Å². The van der Waals surface area contributed by atoms with E-state index >= 15 is 0 Å². The zero-order valence-corrected chi connectivity index (χ0v) is 11.9. The lowest BCUT2D eigenvalue weighted by molar-refractivity contribution is 0.988. The van der Waals surface area contributed by atoms with Crippen molar-refractivity contribution in [2.24, 2.45) is 0 Å². The number of rotatable bonds is 2. The van der Waals surface area contributed by atoms with E-state index in [0.717, 1.165) is 27.7 Å². The molecule has 3 nitrogen and oxygen atoms in total. The van der Waals surface area contributed by atoms with Crippen LogP contribution in [0.2, 0.25) is 5.15 Å². The van der Waals surface area contributed by atoms with E-state index < -0.39 is 0 Å². The fourth-order valence-corrected chi connectivity index (χ4v) is 2.19. The highest BCUT2D eigenvalue weighted by Crippen LogP contribution is 2.28. The van der Waals surface area contributed by atoms with Gasteiger partial charge in [-0.25, -0.2) is 9.97 Å². The second-order valence-electron chi connectivity index (χ2n) is 3.64. The maximum absolute atomic E-state index is 6.09. The topological polar surface area (TPSA) is 38.7 Å². The number of aromatic nitrogens is 3. The molecule has 88 valence electrons. The average molecular weight is 313 g/mol. The second-order valence-corrected chi connectivity index (χ2v) is 4.79. The van der Waals surface area contributed by atoms with E-state index in [4.69, 9.17) is 11.6 Å². The Kier molecular flexibility index (Phi) is 3.74. The van der Waals surface area contributed by atoms with Gasteiger partial charge >= 0.3 is 0 Å². The van der Waals surface area contributed by atoms with Crippen molar-refractivity contribution in [2.75, 3.05) is 0 Å². The number of halogens is 2. The maximum Gasteiger partial charge on any atom is 0.161 e. The van der Waals surface area contributed by atoms with Crippen molar-refractivity contribution < 1.29 is 0 Å². The van der Waals surface area contributed by atoms with E-state index in [0.29, 0.717) is 11.0 Å². The zero-order valence-electron chi connectivity index (χ0n) is 9.54. The molecule has 0 bridgehead atoms. The quantitative estimate of drug-likeness (QED) is 0.791. The van der Waals surface area contributed by atoms with Gasteiger partial charge in [-0.1, -0.05) is 18.5 Å². The summed E-state index contributed by atoms with van der Waals surface area (Å²) < 4.78 is 0.775. The molecule has 2 heterocycles. The molecule has 5 heteroatoms. The van der Waals surface area contributed by atoms with Crippen molar-refractivity contribution in [1.82, 2.24) is 15.0 Å². The molecular weight excluding hydrogens is 302 g/mol. The van der Waals surface area contributed by atoms with Gasteiger partial charge in [-0.05, 0) is 40.9 Å². The Morgan fingerprint density at radius 1 is 1.35 bits per heavy atom. The van der Waals surface area contributed by atoms with Crippen LogP contribution in [0.1, 0.15) is 18.2 Å². The van der Waals surface area contributed by atoms with Crippen LogP contribution >= 0.6 is 27.5 Å². The predicted molar refractivity (Wildman–Crippen MR) is 72.1 cm³/mol. The minimum absolute atomic E-state index is 0.447. The third-order valence-electron chi connectivity index (χ3n) is 2.48. The fraction of sp³-hybridized carbons (Fsp3) is 0.250. The smallest absolute Gasteiger partial charge is 0.161 e. The first-order chi connectivity index (χ1) is 8.13. The van der Waals surface area contributed by atoms with Crippen LogP contribution in [0.15, 0.2) is 22.9 Å². The van der Waals surface area contributed by atoms with Crippen LogP contribution in [0.5, 0.6) is 0 Å². The first kappa shape index (κ1) is 12.5. The standard InChI is InChI=1S/C12H11BrClN3/c1-3-9-10(13)11(14)17-12(16-9)8-4-5-15-6-7(8)2/h4-6H,3H2,1-2H3. The summed E-state index contributed by atoms with van der Waals surface area (Å²) in [5, 5.41) is 0.447. The third-order valence-corrected chi connectivity index (χ3v) is 3.81. The summed E-state index contributed by atoms with van der Waals surface area (Å²) in [7, 11) is 0. The number of hydrogen-bond acceptors (Lipinski definition) is 3. The van der Waals surface area contributed by atoms with Crippen molar-refractivity contribution in [3.8, 4) is 11.4 Å². The van der Waals surface area contributed by atoms with Crippen molar-refractivity contribution in [3.05, 3.63) is 39.3 Å². The molecule has 2 aromatic heterocycles. The Balaban J connectivity index is 2.61. The van der Waals surface area contributed by atoms with E-state index in [1.807, 2.05) is 19.9 Å².